The lowest BCUT2D eigenvalue weighted by Gasteiger charge is -2.28. The summed E-state index contributed by atoms with van der Waals surface area (Å²) >= 11 is 5.90. The van der Waals surface area contributed by atoms with Crippen LogP contribution in [-0.4, -0.2) is 29.4 Å². The molecule has 0 heterocycles. The van der Waals surface area contributed by atoms with Crippen molar-refractivity contribution in [3.63, 3.8) is 0 Å². The molecule has 0 radical (unpaired) electrons. The summed E-state index contributed by atoms with van der Waals surface area (Å²) in [6, 6.07) is 5.69. The summed E-state index contributed by atoms with van der Waals surface area (Å²) in [5.41, 5.74) is 6.96. The van der Waals surface area contributed by atoms with Crippen molar-refractivity contribution >= 4 is 28.9 Å². The molecule has 1 amide bonds. The van der Waals surface area contributed by atoms with Crippen molar-refractivity contribution in [2.45, 2.75) is 44.7 Å². The Bertz CT molecular complexity index is 540. The lowest BCUT2D eigenvalue weighted by Crippen LogP contribution is -2.44. The maximum atomic E-state index is 12.5. The number of amides is 1. The van der Waals surface area contributed by atoms with Crippen molar-refractivity contribution in [3.8, 4) is 0 Å². The fourth-order valence-corrected chi connectivity index (χ4v) is 2.76. The molecule has 0 saturated heterocycles. The van der Waals surface area contributed by atoms with Gasteiger partial charge in [0.05, 0.1) is 16.8 Å². The molecule has 3 rings (SSSR count). The van der Waals surface area contributed by atoms with Gasteiger partial charge in [0.1, 0.15) is 0 Å². The third kappa shape index (κ3) is 3.69. The van der Waals surface area contributed by atoms with E-state index in [0.717, 1.165) is 12.5 Å². The molecular formula is C16H22ClN3O. The van der Waals surface area contributed by atoms with E-state index in [4.69, 9.17) is 17.3 Å². The van der Waals surface area contributed by atoms with Crippen molar-refractivity contribution in [1.82, 2.24) is 4.90 Å². The molecule has 2 aliphatic rings. The molecule has 2 saturated carbocycles. The van der Waals surface area contributed by atoms with Gasteiger partial charge in [-0.05, 0) is 56.7 Å². The Balaban J connectivity index is 1.63. The third-order valence-corrected chi connectivity index (χ3v) is 4.67. The molecule has 0 aromatic heterocycles. The van der Waals surface area contributed by atoms with Gasteiger partial charge in [-0.25, -0.2) is 0 Å². The molecular weight excluding hydrogens is 286 g/mol. The number of nitrogen functional groups attached to an aromatic ring is 1. The van der Waals surface area contributed by atoms with Crippen LogP contribution in [0.15, 0.2) is 18.2 Å². The number of rotatable bonds is 6. The van der Waals surface area contributed by atoms with Gasteiger partial charge in [-0.3, -0.25) is 9.69 Å². The van der Waals surface area contributed by atoms with Crippen LogP contribution in [0.5, 0.6) is 0 Å². The fraction of sp³-hybridized carbons (Fsp3) is 0.562. The Hall–Kier alpha value is -1.26. The highest BCUT2D eigenvalue weighted by atomic mass is 35.5. The first-order valence-electron chi connectivity index (χ1n) is 7.66. The SMILES string of the molecule is CC(C(=O)Nc1ccc(Cl)c(N)c1)N(CC1CC1)C1CC1. The number of hydrogen-bond acceptors (Lipinski definition) is 3. The molecule has 1 unspecified atom stereocenters. The molecule has 21 heavy (non-hydrogen) atoms. The highest BCUT2D eigenvalue weighted by Gasteiger charge is 2.38. The topological polar surface area (TPSA) is 58.4 Å². The summed E-state index contributed by atoms with van der Waals surface area (Å²) in [4.78, 5) is 14.8. The smallest absolute Gasteiger partial charge is 0.241 e. The zero-order valence-electron chi connectivity index (χ0n) is 12.3. The lowest BCUT2D eigenvalue weighted by molar-refractivity contribution is -0.121. The van der Waals surface area contributed by atoms with Crippen LogP contribution in [0.2, 0.25) is 5.02 Å². The van der Waals surface area contributed by atoms with E-state index in [-0.39, 0.29) is 11.9 Å². The maximum Gasteiger partial charge on any atom is 0.241 e. The van der Waals surface area contributed by atoms with Gasteiger partial charge in [-0.1, -0.05) is 11.6 Å². The number of nitrogens with zero attached hydrogens (tertiary/aromatic N) is 1. The molecule has 2 aliphatic carbocycles. The van der Waals surface area contributed by atoms with Gasteiger partial charge in [0.15, 0.2) is 0 Å². The van der Waals surface area contributed by atoms with Crippen LogP contribution < -0.4 is 11.1 Å². The van der Waals surface area contributed by atoms with Crippen LogP contribution in [0.25, 0.3) is 0 Å². The van der Waals surface area contributed by atoms with Crippen molar-refractivity contribution in [2.75, 3.05) is 17.6 Å². The first-order valence-corrected chi connectivity index (χ1v) is 8.04. The van der Waals surface area contributed by atoms with Crippen molar-refractivity contribution in [1.29, 1.82) is 0 Å². The van der Waals surface area contributed by atoms with Crippen LogP contribution in [0.3, 0.4) is 0 Å². The molecule has 1 atom stereocenters. The molecule has 3 N–H and O–H groups in total. The number of benzene rings is 1. The normalized spacial score (nSPS) is 19.6. The number of hydrogen-bond donors (Lipinski definition) is 2. The van der Waals surface area contributed by atoms with Gasteiger partial charge in [0.2, 0.25) is 5.91 Å². The summed E-state index contributed by atoms with van der Waals surface area (Å²) in [6.45, 7) is 3.05. The van der Waals surface area contributed by atoms with E-state index in [9.17, 15) is 4.79 Å². The molecule has 2 fully saturated rings. The Labute approximate surface area is 130 Å². The Morgan fingerprint density at radius 1 is 1.43 bits per heavy atom. The Morgan fingerprint density at radius 3 is 2.71 bits per heavy atom. The minimum atomic E-state index is -0.102. The second-order valence-corrected chi connectivity index (χ2v) is 6.68. The van der Waals surface area contributed by atoms with E-state index in [0.29, 0.717) is 22.4 Å². The predicted octanol–water partition coefficient (Wildman–Crippen LogP) is 3.12. The van der Waals surface area contributed by atoms with E-state index in [1.165, 1.54) is 25.7 Å². The molecule has 0 aliphatic heterocycles. The number of carbonyl (C=O) groups is 1. The molecule has 1 aromatic carbocycles. The molecule has 114 valence electrons. The van der Waals surface area contributed by atoms with Crippen molar-refractivity contribution in [2.24, 2.45) is 5.92 Å². The van der Waals surface area contributed by atoms with Crippen LogP contribution in [-0.2, 0) is 4.79 Å². The largest absolute Gasteiger partial charge is 0.397 e. The van der Waals surface area contributed by atoms with Crippen LogP contribution >= 0.6 is 11.6 Å². The summed E-state index contributed by atoms with van der Waals surface area (Å²) in [7, 11) is 0. The van der Waals surface area contributed by atoms with E-state index < -0.39 is 0 Å². The quantitative estimate of drug-likeness (QED) is 0.794. The molecule has 0 bridgehead atoms. The Kier molecular flexibility index (Phi) is 4.09. The van der Waals surface area contributed by atoms with Gasteiger partial charge in [0.25, 0.3) is 0 Å². The number of halogens is 1. The third-order valence-electron chi connectivity index (χ3n) is 4.32. The van der Waals surface area contributed by atoms with E-state index >= 15 is 0 Å². The van der Waals surface area contributed by atoms with Crippen molar-refractivity contribution < 1.29 is 4.79 Å². The fourth-order valence-electron chi connectivity index (χ4n) is 2.65. The van der Waals surface area contributed by atoms with Gasteiger partial charge >= 0.3 is 0 Å². The standard InChI is InChI=1S/C16H22ClN3O/c1-10(20(13-5-6-13)9-11-2-3-11)16(21)19-12-4-7-14(17)15(18)8-12/h4,7-8,10-11,13H,2-3,5-6,9,18H2,1H3,(H,19,21). The molecule has 4 nitrogen and oxygen atoms in total. The molecule has 0 spiro atoms. The number of nitrogens with two attached hydrogens (primary N) is 1. The number of anilines is 2. The average Bonchev–Trinajstić information content (AvgIpc) is 3.32. The van der Waals surface area contributed by atoms with Gasteiger partial charge in [0, 0.05) is 18.3 Å². The van der Waals surface area contributed by atoms with E-state index in [1.807, 2.05) is 6.92 Å². The highest BCUT2D eigenvalue weighted by Crippen LogP contribution is 2.36. The molecule has 1 aromatic rings. The van der Waals surface area contributed by atoms with Gasteiger partial charge < -0.3 is 11.1 Å². The van der Waals surface area contributed by atoms with Crippen LogP contribution in [0.4, 0.5) is 11.4 Å². The monoisotopic (exact) mass is 307 g/mol. The van der Waals surface area contributed by atoms with Crippen LogP contribution in [0.1, 0.15) is 32.6 Å². The number of carbonyl (C=O) groups excluding carboxylic acids is 1. The Morgan fingerprint density at radius 2 is 2.14 bits per heavy atom. The summed E-state index contributed by atoms with van der Waals surface area (Å²) in [5, 5.41) is 3.46. The number of nitrogens with one attached hydrogen (secondary N) is 1. The van der Waals surface area contributed by atoms with Crippen LogP contribution in [0, 0.1) is 5.92 Å². The second kappa shape index (κ2) is 5.85. The van der Waals surface area contributed by atoms with Gasteiger partial charge in [-0.15, -0.1) is 0 Å². The maximum absolute atomic E-state index is 12.5. The first-order chi connectivity index (χ1) is 10.0. The first kappa shape index (κ1) is 14.7. The summed E-state index contributed by atoms with van der Waals surface area (Å²) in [5.74, 6) is 0.830. The second-order valence-electron chi connectivity index (χ2n) is 6.27. The summed E-state index contributed by atoms with van der Waals surface area (Å²) in [6.07, 6.45) is 5.06. The zero-order valence-corrected chi connectivity index (χ0v) is 13.1. The van der Waals surface area contributed by atoms with Gasteiger partial charge in [-0.2, -0.15) is 0 Å². The highest BCUT2D eigenvalue weighted by molar-refractivity contribution is 6.33. The molecule has 5 heteroatoms. The summed E-state index contributed by atoms with van der Waals surface area (Å²) < 4.78 is 0. The minimum Gasteiger partial charge on any atom is -0.397 e. The lowest BCUT2D eigenvalue weighted by atomic mass is 10.2. The van der Waals surface area contributed by atoms with E-state index in [2.05, 4.69) is 10.2 Å². The predicted molar refractivity (Wildman–Crippen MR) is 86.4 cm³/mol. The average molecular weight is 308 g/mol. The zero-order chi connectivity index (χ0) is 15.0. The van der Waals surface area contributed by atoms with Crippen molar-refractivity contribution in [3.05, 3.63) is 23.2 Å². The minimum absolute atomic E-state index is 0.0317. The van der Waals surface area contributed by atoms with E-state index in [1.54, 1.807) is 18.2 Å².